The molecule has 6 nitrogen and oxygen atoms in total. The zero-order chi connectivity index (χ0) is 15.1. The predicted molar refractivity (Wildman–Crippen MR) is 81.0 cm³/mol. The minimum Gasteiger partial charge on any atom is -0.311 e. The van der Waals surface area contributed by atoms with E-state index >= 15 is 0 Å². The highest BCUT2D eigenvalue weighted by Crippen LogP contribution is 1.91. The first kappa shape index (κ1) is 16.7. The molecule has 1 N–H and O–H groups in total. The molecule has 0 atom stereocenters. The zero-order valence-electron chi connectivity index (χ0n) is 13.0. The molecule has 20 heavy (non-hydrogen) atoms. The monoisotopic (exact) mass is 282 g/mol. The summed E-state index contributed by atoms with van der Waals surface area (Å²) in [6.07, 6.45) is 2.76. The van der Waals surface area contributed by atoms with E-state index in [1.165, 1.54) is 11.6 Å². The fraction of sp³-hybridized carbons (Fsp3) is 0.714. The van der Waals surface area contributed by atoms with Crippen LogP contribution in [-0.4, -0.2) is 40.2 Å². The summed E-state index contributed by atoms with van der Waals surface area (Å²) in [7, 11) is 3.17. The second-order valence-corrected chi connectivity index (χ2v) is 5.02. The Bertz CT molecular complexity index is 533. The summed E-state index contributed by atoms with van der Waals surface area (Å²) in [6.45, 7) is 8.75. The SMILES string of the molecule is CCCN(CC)CCNCc1cn(C)c(=O)n(C)c1=O. The molecule has 0 saturated heterocycles. The van der Waals surface area contributed by atoms with Gasteiger partial charge < -0.3 is 14.8 Å². The normalized spacial score (nSPS) is 11.2. The van der Waals surface area contributed by atoms with Gasteiger partial charge in [0.1, 0.15) is 0 Å². The summed E-state index contributed by atoms with van der Waals surface area (Å²) in [6, 6.07) is 0. The summed E-state index contributed by atoms with van der Waals surface area (Å²) in [5.41, 5.74) is 0.105. The molecule has 0 fully saturated rings. The lowest BCUT2D eigenvalue weighted by atomic mass is 10.3. The highest BCUT2D eigenvalue weighted by molar-refractivity contribution is 5.05. The second kappa shape index (κ2) is 8.01. The first-order chi connectivity index (χ1) is 9.51. The van der Waals surface area contributed by atoms with Gasteiger partial charge >= 0.3 is 5.69 Å². The predicted octanol–water partition coefficient (Wildman–Crippen LogP) is -0.0945. The average molecular weight is 282 g/mol. The molecule has 1 heterocycles. The topological polar surface area (TPSA) is 59.3 Å². The number of rotatable bonds is 8. The van der Waals surface area contributed by atoms with Gasteiger partial charge in [-0.3, -0.25) is 9.36 Å². The van der Waals surface area contributed by atoms with E-state index < -0.39 is 0 Å². The van der Waals surface area contributed by atoms with Crippen molar-refractivity contribution in [1.82, 2.24) is 19.4 Å². The van der Waals surface area contributed by atoms with Crippen molar-refractivity contribution in [2.45, 2.75) is 26.8 Å². The van der Waals surface area contributed by atoms with E-state index in [2.05, 4.69) is 24.1 Å². The van der Waals surface area contributed by atoms with E-state index in [4.69, 9.17) is 0 Å². The number of hydrogen-bond donors (Lipinski definition) is 1. The van der Waals surface area contributed by atoms with Crippen molar-refractivity contribution in [2.75, 3.05) is 26.2 Å². The summed E-state index contributed by atoms with van der Waals surface area (Å²) >= 11 is 0. The van der Waals surface area contributed by atoms with Gasteiger partial charge in [0.05, 0.1) is 0 Å². The molecule has 0 amide bonds. The van der Waals surface area contributed by atoms with Crippen molar-refractivity contribution in [1.29, 1.82) is 0 Å². The van der Waals surface area contributed by atoms with Crippen LogP contribution < -0.4 is 16.6 Å². The first-order valence-corrected chi connectivity index (χ1v) is 7.19. The molecule has 1 rings (SSSR count). The molecular weight excluding hydrogens is 256 g/mol. The molecule has 0 saturated carbocycles. The van der Waals surface area contributed by atoms with E-state index in [1.54, 1.807) is 13.2 Å². The Morgan fingerprint density at radius 1 is 1.20 bits per heavy atom. The van der Waals surface area contributed by atoms with Crippen molar-refractivity contribution >= 4 is 0 Å². The summed E-state index contributed by atoms with van der Waals surface area (Å²) in [5.74, 6) is 0. The van der Waals surface area contributed by atoms with E-state index in [9.17, 15) is 9.59 Å². The van der Waals surface area contributed by atoms with Gasteiger partial charge in [0, 0.05) is 45.5 Å². The van der Waals surface area contributed by atoms with Crippen molar-refractivity contribution in [2.24, 2.45) is 14.1 Å². The number of aryl methyl sites for hydroxylation is 1. The molecule has 0 aliphatic carbocycles. The van der Waals surface area contributed by atoms with Crippen LogP contribution in [0, 0.1) is 0 Å². The molecular formula is C14H26N4O2. The van der Waals surface area contributed by atoms with Crippen molar-refractivity contribution in [3.63, 3.8) is 0 Å². The van der Waals surface area contributed by atoms with Gasteiger partial charge in [0.25, 0.3) is 5.56 Å². The van der Waals surface area contributed by atoms with E-state index in [-0.39, 0.29) is 11.2 Å². The van der Waals surface area contributed by atoms with E-state index in [1.807, 2.05) is 0 Å². The molecule has 1 aromatic heterocycles. The number of nitrogens with one attached hydrogen (secondary N) is 1. The maximum atomic E-state index is 11.9. The molecule has 1 aromatic rings. The third-order valence-corrected chi connectivity index (χ3v) is 3.42. The van der Waals surface area contributed by atoms with Crippen LogP contribution in [0.25, 0.3) is 0 Å². The van der Waals surface area contributed by atoms with Crippen LogP contribution in [0.5, 0.6) is 0 Å². The van der Waals surface area contributed by atoms with Crippen molar-refractivity contribution in [3.8, 4) is 0 Å². The number of aromatic nitrogens is 2. The third-order valence-electron chi connectivity index (χ3n) is 3.42. The van der Waals surface area contributed by atoms with Crippen molar-refractivity contribution < 1.29 is 0 Å². The lowest BCUT2D eigenvalue weighted by Crippen LogP contribution is -2.40. The average Bonchev–Trinajstić information content (AvgIpc) is 2.45. The molecule has 0 spiro atoms. The minimum absolute atomic E-state index is 0.221. The summed E-state index contributed by atoms with van der Waals surface area (Å²) in [5, 5.41) is 3.27. The zero-order valence-corrected chi connectivity index (χ0v) is 13.0. The van der Waals surface area contributed by atoms with Gasteiger partial charge in [-0.05, 0) is 19.5 Å². The highest BCUT2D eigenvalue weighted by atomic mass is 16.2. The van der Waals surface area contributed by atoms with Crippen LogP contribution in [0.15, 0.2) is 15.8 Å². The number of hydrogen-bond acceptors (Lipinski definition) is 4. The van der Waals surface area contributed by atoms with Crippen LogP contribution >= 0.6 is 0 Å². The van der Waals surface area contributed by atoms with Crippen molar-refractivity contribution in [3.05, 3.63) is 32.6 Å². The Morgan fingerprint density at radius 3 is 2.50 bits per heavy atom. The maximum absolute atomic E-state index is 11.9. The van der Waals surface area contributed by atoms with E-state index in [0.29, 0.717) is 12.1 Å². The van der Waals surface area contributed by atoms with Gasteiger partial charge in [-0.15, -0.1) is 0 Å². The van der Waals surface area contributed by atoms with Crippen LogP contribution in [-0.2, 0) is 20.6 Å². The lowest BCUT2D eigenvalue weighted by molar-refractivity contribution is 0.287. The molecule has 0 aromatic carbocycles. The van der Waals surface area contributed by atoms with Crippen LogP contribution in [0.3, 0.4) is 0 Å². The summed E-state index contributed by atoms with van der Waals surface area (Å²) in [4.78, 5) is 25.9. The highest BCUT2D eigenvalue weighted by Gasteiger charge is 2.06. The molecule has 0 unspecified atom stereocenters. The summed E-state index contributed by atoms with van der Waals surface area (Å²) < 4.78 is 2.58. The molecule has 0 aliphatic rings. The Morgan fingerprint density at radius 2 is 1.90 bits per heavy atom. The smallest absolute Gasteiger partial charge is 0.311 e. The van der Waals surface area contributed by atoms with Gasteiger partial charge in [-0.1, -0.05) is 13.8 Å². The standard InChI is InChI=1S/C14H26N4O2/c1-5-8-18(6-2)9-7-15-10-12-11-16(3)14(20)17(4)13(12)19/h11,15H,5-10H2,1-4H3. The quantitative estimate of drug-likeness (QED) is 0.677. The Kier molecular flexibility index (Phi) is 6.67. The Balaban J connectivity index is 2.55. The second-order valence-electron chi connectivity index (χ2n) is 5.02. The molecule has 0 radical (unpaired) electrons. The van der Waals surface area contributed by atoms with Crippen LogP contribution in [0.4, 0.5) is 0 Å². The number of likely N-dealkylation sites (N-methyl/N-ethyl adjacent to an activating group) is 1. The third kappa shape index (κ3) is 4.31. The fourth-order valence-electron chi connectivity index (χ4n) is 2.21. The van der Waals surface area contributed by atoms with Crippen LogP contribution in [0.1, 0.15) is 25.8 Å². The Labute approximate surface area is 120 Å². The molecule has 114 valence electrons. The van der Waals surface area contributed by atoms with Gasteiger partial charge in [-0.2, -0.15) is 0 Å². The lowest BCUT2D eigenvalue weighted by Gasteiger charge is -2.19. The van der Waals surface area contributed by atoms with E-state index in [0.717, 1.165) is 37.2 Å². The van der Waals surface area contributed by atoms with Gasteiger partial charge in [0.2, 0.25) is 0 Å². The van der Waals surface area contributed by atoms with Gasteiger partial charge in [-0.25, -0.2) is 4.79 Å². The number of nitrogens with zero attached hydrogens (tertiary/aromatic N) is 3. The fourth-order valence-corrected chi connectivity index (χ4v) is 2.21. The molecule has 0 aliphatic heterocycles. The molecule has 6 heteroatoms. The maximum Gasteiger partial charge on any atom is 0.330 e. The van der Waals surface area contributed by atoms with Crippen LogP contribution in [0.2, 0.25) is 0 Å². The van der Waals surface area contributed by atoms with Gasteiger partial charge in [0.15, 0.2) is 0 Å². The molecule has 0 bridgehead atoms. The minimum atomic E-state index is -0.293. The largest absolute Gasteiger partial charge is 0.330 e. The Hall–Kier alpha value is -1.40. The first-order valence-electron chi connectivity index (χ1n) is 7.19.